The zero-order valence-corrected chi connectivity index (χ0v) is 20.6. The van der Waals surface area contributed by atoms with Gasteiger partial charge in [-0.25, -0.2) is 4.98 Å². The van der Waals surface area contributed by atoms with Gasteiger partial charge in [0.15, 0.2) is 16.1 Å². The SMILES string of the molecule is COc1cccc(OCc2nnc(SCC(=O)Nc3nc(C)cs3)n2CCc2ccccc2)c1. The second-order valence-electron chi connectivity index (χ2n) is 7.38. The number of hydrogen-bond acceptors (Lipinski definition) is 8. The third-order valence-electron chi connectivity index (χ3n) is 4.87. The fourth-order valence-electron chi connectivity index (χ4n) is 3.18. The number of aryl methyl sites for hydroxylation is 2. The quantitative estimate of drug-likeness (QED) is 0.304. The van der Waals surface area contributed by atoms with Crippen LogP contribution in [0, 0.1) is 6.92 Å². The lowest BCUT2D eigenvalue weighted by atomic mass is 10.1. The number of anilines is 1. The summed E-state index contributed by atoms with van der Waals surface area (Å²) in [5.41, 5.74) is 2.10. The van der Waals surface area contributed by atoms with Gasteiger partial charge in [0.25, 0.3) is 0 Å². The number of amides is 1. The number of carbonyl (C=O) groups excluding carboxylic acids is 1. The van der Waals surface area contributed by atoms with Crippen molar-refractivity contribution < 1.29 is 14.3 Å². The van der Waals surface area contributed by atoms with Crippen LogP contribution in [0.2, 0.25) is 0 Å². The van der Waals surface area contributed by atoms with Crippen LogP contribution in [0.4, 0.5) is 5.13 Å². The van der Waals surface area contributed by atoms with Crippen molar-refractivity contribution in [1.29, 1.82) is 0 Å². The van der Waals surface area contributed by atoms with Crippen molar-refractivity contribution in [1.82, 2.24) is 19.7 Å². The van der Waals surface area contributed by atoms with Crippen molar-refractivity contribution in [2.75, 3.05) is 18.2 Å². The van der Waals surface area contributed by atoms with E-state index in [9.17, 15) is 4.79 Å². The van der Waals surface area contributed by atoms with Crippen LogP contribution >= 0.6 is 23.1 Å². The van der Waals surface area contributed by atoms with Crippen LogP contribution in [0.15, 0.2) is 65.1 Å². The number of carbonyl (C=O) groups is 1. The van der Waals surface area contributed by atoms with Crippen molar-refractivity contribution in [2.24, 2.45) is 0 Å². The lowest BCUT2D eigenvalue weighted by molar-refractivity contribution is -0.113. The van der Waals surface area contributed by atoms with Crippen molar-refractivity contribution in [3.63, 3.8) is 0 Å². The lowest BCUT2D eigenvalue weighted by Crippen LogP contribution is -2.15. The molecule has 1 amide bonds. The molecule has 2 aromatic heterocycles. The van der Waals surface area contributed by atoms with E-state index in [-0.39, 0.29) is 18.3 Å². The van der Waals surface area contributed by atoms with Crippen molar-refractivity contribution in [3.8, 4) is 11.5 Å². The van der Waals surface area contributed by atoms with Crippen molar-refractivity contribution in [2.45, 2.75) is 31.7 Å². The fourth-order valence-corrected chi connectivity index (χ4v) is 4.67. The largest absolute Gasteiger partial charge is 0.497 e. The number of benzene rings is 2. The molecule has 4 aromatic rings. The average Bonchev–Trinajstić information content (AvgIpc) is 3.45. The van der Waals surface area contributed by atoms with Gasteiger partial charge >= 0.3 is 0 Å². The maximum absolute atomic E-state index is 12.4. The van der Waals surface area contributed by atoms with Gasteiger partial charge in [0.1, 0.15) is 18.1 Å². The maximum atomic E-state index is 12.4. The molecule has 34 heavy (non-hydrogen) atoms. The summed E-state index contributed by atoms with van der Waals surface area (Å²) in [5, 5.41) is 14.7. The summed E-state index contributed by atoms with van der Waals surface area (Å²) in [5.74, 6) is 2.17. The van der Waals surface area contributed by atoms with Gasteiger partial charge in [-0.2, -0.15) is 0 Å². The molecular formula is C24H25N5O3S2. The first-order valence-corrected chi connectivity index (χ1v) is 12.5. The third kappa shape index (κ3) is 6.58. The smallest absolute Gasteiger partial charge is 0.236 e. The Morgan fingerprint density at radius 2 is 1.94 bits per heavy atom. The number of nitrogens with zero attached hydrogens (tertiary/aromatic N) is 4. The van der Waals surface area contributed by atoms with E-state index in [1.165, 1.54) is 28.7 Å². The third-order valence-corrected chi connectivity index (χ3v) is 6.71. The fraction of sp³-hybridized carbons (Fsp3) is 0.250. The van der Waals surface area contributed by atoms with Crippen molar-refractivity contribution >= 4 is 34.1 Å². The number of ether oxygens (including phenoxy) is 2. The molecule has 0 aliphatic carbocycles. The second kappa shape index (κ2) is 11.7. The van der Waals surface area contributed by atoms with E-state index in [0.29, 0.717) is 28.4 Å². The first-order valence-electron chi connectivity index (χ1n) is 10.7. The van der Waals surface area contributed by atoms with Gasteiger partial charge in [-0.1, -0.05) is 48.2 Å². The molecule has 0 aliphatic heterocycles. The van der Waals surface area contributed by atoms with Crippen LogP contribution in [-0.4, -0.2) is 38.5 Å². The van der Waals surface area contributed by atoms with E-state index in [1.54, 1.807) is 7.11 Å². The summed E-state index contributed by atoms with van der Waals surface area (Å²) >= 11 is 2.75. The van der Waals surface area contributed by atoms with Gasteiger partial charge in [-0.05, 0) is 31.0 Å². The minimum absolute atomic E-state index is 0.133. The molecule has 1 N–H and O–H groups in total. The average molecular weight is 496 g/mol. The monoisotopic (exact) mass is 495 g/mol. The van der Waals surface area contributed by atoms with E-state index >= 15 is 0 Å². The summed E-state index contributed by atoms with van der Waals surface area (Å²) in [7, 11) is 1.62. The summed E-state index contributed by atoms with van der Waals surface area (Å²) in [6, 6.07) is 17.7. The summed E-state index contributed by atoms with van der Waals surface area (Å²) < 4.78 is 13.2. The highest BCUT2D eigenvalue weighted by molar-refractivity contribution is 7.99. The molecule has 0 saturated carbocycles. The molecule has 0 fully saturated rings. The predicted octanol–water partition coefficient (Wildman–Crippen LogP) is 4.60. The number of thiazole rings is 1. The first-order chi connectivity index (χ1) is 16.6. The Balaban J connectivity index is 1.44. The second-order valence-corrected chi connectivity index (χ2v) is 9.19. The summed E-state index contributed by atoms with van der Waals surface area (Å²) in [6.45, 7) is 2.81. The predicted molar refractivity (Wildman–Crippen MR) is 134 cm³/mol. The highest BCUT2D eigenvalue weighted by atomic mass is 32.2. The molecule has 0 spiro atoms. The van der Waals surface area contributed by atoms with Gasteiger partial charge in [-0.3, -0.25) is 4.79 Å². The van der Waals surface area contributed by atoms with Crippen molar-refractivity contribution in [3.05, 3.63) is 77.1 Å². The Hall–Kier alpha value is -3.37. The molecule has 0 radical (unpaired) electrons. The Kier molecular flexibility index (Phi) is 8.16. The number of rotatable bonds is 11. The van der Waals surface area contributed by atoms with Crippen LogP contribution < -0.4 is 14.8 Å². The molecule has 0 atom stereocenters. The van der Waals surface area contributed by atoms with Crippen LogP contribution in [0.25, 0.3) is 0 Å². The number of thioether (sulfide) groups is 1. The highest BCUT2D eigenvalue weighted by Crippen LogP contribution is 2.23. The van der Waals surface area contributed by atoms with E-state index < -0.39 is 0 Å². The van der Waals surface area contributed by atoms with Crippen LogP contribution in [-0.2, 0) is 24.4 Å². The number of hydrogen-bond donors (Lipinski definition) is 1. The Labute approximate surface area is 206 Å². The van der Waals surface area contributed by atoms with Gasteiger partial charge in [0, 0.05) is 18.0 Å². The van der Waals surface area contributed by atoms with E-state index in [1.807, 2.05) is 59.3 Å². The Bertz CT molecular complexity index is 1230. The highest BCUT2D eigenvalue weighted by Gasteiger charge is 2.16. The van der Waals surface area contributed by atoms with E-state index in [4.69, 9.17) is 9.47 Å². The number of aromatic nitrogens is 4. The van der Waals surface area contributed by atoms with Crippen LogP contribution in [0.3, 0.4) is 0 Å². The molecule has 2 heterocycles. The standard InChI is InChI=1S/C24H25N5O3S2/c1-17-15-33-23(25-17)26-22(30)16-34-24-28-27-21(14-32-20-10-6-9-19(13-20)31-2)29(24)12-11-18-7-4-3-5-8-18/h3-10,13,15H,11-12,14,16H2,1-2H3,(H,25,26,30). The van der Waals surface area contributed by atoms with Gasteiger partial charge < -0.3 is 19.4 Å². The molecule has 0 bridgehead atoms. The zero-order valence-electron chi connectivity index (χ0n) is 18.9. The maximum Gasteiger partial charge on any atom is 0.236 e. The Morgan fingerprint density at radius 3 is 2.71 bits per heavy atom. The molecule has 0 unspecified atom stereocenters. The molecule has 2 aromatic carbocycles. The van der Waals surface area contributed by atoms with Crippen LogP contribution in [0.1, 0.15) is 17.1 Å². The summed E-state index contributed by atoms with van der Waals surface area (Å²) in [6.07, 6.45) is 0.809. The molecule has 176 valence electrons. The normalized spacial score (nSPS) is 10.8. The molecule has 4 rings (SSSR count). The number of methoxy groups -OCH3 is 1. The Morgan fingerprint density at radius 1 is 1.12 bits per heavy atom. The van der Waals surface area contributed by atoms with E-state index in [2.05, 4.69) is 32.6 Å². The topological polar surface area (TPSA) is 91.2 Å². The minimum Gasteiger partial charge on any atom is -0.497 e. The number of nitrogens with one attached hydrogen (secondary N) is 1. The van der Waals surface area contributed by atoms with E-state index in [0.717, 1.165) is 17.9 Å². The summed E-state index contributed by atoms with van der Waals surface area (Å²) in [4.78, 5) is 16.7. The zero-order chi connectivity index (χ0) is 23.8. The molecule has 10 heteroatoms. The molecule has 0 aliphatic rings. The minimum atomic E-state index is -0.133. The molecular weight excluding hydrogens is 470 g/mol. The van der Waals surface area contributed by atoms with Crippen LogP contribution in [0.5, 0.6) is 11.5 Å². The molecule has 0 saturated heterocycles. The lowest BCUT2D eigenvalue weighted by Gasteiger charge is -2.12. The first kappa shape index (κ1) is 23.8. The van der Waals surface area contributed by atoms with Gasteiger partial charge in [0.05, 0.1) is 18.6 Å². The van der Waals surface area contributed by atoms with Gasteiger partial charge in [0.2, 0.25) is 5.91 Å². The molecule has 8 nitrogen and oxygen atoms in total. The van der Waals surface area contributed by atoms with Gasteiger partial charge in [-0.15, -0.1) is 21.5 Å².